The highest BCUT2D eigenvalue weighted by atomic mass is 32.1. The SMILES string of the molecule is C/C=C/COc1nnc(NC(=O)c2cnc(C)cc2-c2c(OC)ccc(C(F)(F)F)c2F)s1. The van der Waals surface area contributed by atoms with Gasteiger partial charge in [-0.1, -0.05) is 17.3 Å². The zero-order valence-electron chi connectivity index (χ0n) is 17.7. The van der Waals surface area contributed by atoms with Crippen molar-refractivity contribution in [2.24, 2.45) is 0 Å². The monoisotopic (exact) mass is 482 g/mol. The summed E-state index contributed by atoms with van der Waals surface area (Å²) in [4.78, 5) is 17.0. The van der Waals surface area contributed by atoms with Gasteiger partial charge in [0.2, 0.25) is 5.13 Å². The summed E-state index contributed by atoms with van der Waals surface area (Å²) in [6, 6.07) is 2.89. The standard InChI is InChI=1S/C21H18F4N4O3S/c1-4-5-8-32-20-29-28-19(33-20)27-18(30)13-10-26-11(2)9-12(13)16-15(31-3)7-6-14(17(16)22)21(23,24)25/h4-7,9-10H,8H2,1-3H3,(H,27,28,30)/b5-4+. The maximum absolute atomic E-state index is 15.1. The molecule has 0 bridgehead atoms. The lowest BCUT2D eigenvalue weighted by atomic mass is 9.96. The number of hydrogen-bond acceptors (Lipinski definition) is 7. The fourth-order valence-corrected chi connectivity index (χ4v) is 3.44. The maximum atomic E-state index is 15.1. The molecule has 0 aliphatic heterocycles. The summed E-state index contributed by atoms with van der Waals surface area (Å²) < 4.78 is 65.4. The molecule has 0 saturated heterocycles. The molecule has 3 rings (SSSR count). The number of nitrogens with zero attached hydrogens (tertiary/aromatic N) is 3. The van der Waals surface area contributed by atoms with Crippen molar-refractivity contribution in [1.82, 2.24) is 15.2 Å². The molecule has 12 heteroatoms. The van der Waals surface area contributed by atoms with Crippen LogP contribution in [0, 0.1) is 12.7 Å². The number of anilines is 1. The lowest BCUT2D eigenvalue weighted by Gasteiger charge is -2.17. The Balaban J connectivity index is 2.02. The van der Waals surface area contributed by atoms with Gasteiger partial charge in [0.15, 0.2) is 0 Å². The number of aromatic nitrogens is 3. The lowest BCUT2D eigenvalue weighted by Crippen LogP contribution is -2.15. The molecule has 1 aromatic carbocycles. The molecule has 0 saturated carbocycles. The molecular formula is C21H18F4N4O3S. The molecule has 0 unspecified atom stereocenters. The number of nitrogens with one attached hydrogen (secondary N) is 1. The van der Waals surface area contributed by atoms with Crippen molar-refractivity contribution in [3.05, 3.63) is 59.2 Å². The van der Waals surface area contributed by atoms with Gasteiger partial charge in [-0.05, 0) is 43.4 Å². The zero-order valence-corrected chi connectivity index (χ0v) is 18.5. The number of benzene rings is 1. The number of methoxy groups -OCH3 is 1. The topological polar surface area (TPSA) is 86.2 Å². The van der Waals surface area contributed by atoms with Gasteiger partial charge in [-0.25, -0.2) is 4.39 Å². The highest BCUT2D eigenvalue weighted by Gasteiger charge is 2.37. The van der Waals surface area contributed by atoms with E-state index < -0.39 is 29.0 Å². The van der Waals surface area contributed by atoms with E-state index in [-0.39, 0.29) is 33.8 Å². The summed E-state index contributed by atoms with van der Waals surface area (Å²) in [5.74, 6) is -2.50. The molecule has 0 radical (unpaired) electrons. The summed E-state index contributed by atoms with van der Waals surface area (Å²) >= 11 is 0.950. The quantitative estimate of drug-likeness (QED) is 0.364. The Morgan fingerprint density at radius 2 is 2.03 bits per heavy atom. The van der Waals surface area contributed by atoms with Gasteiger partial charge in [-0.3, -0.25) is 15.1 Å². The third-order valence-electron chi connectivity index (χ3n) is 4.35. The molecule has 0 spiro atoms. The van der Waals surface area contributed by atoms with Gasteiger partial charge in [0.1, 0.15) is 18.2 Å². The number of carbonyl (C=O) groups excluding carboxylic acids is 1. The lowest BCUT2D eigenvalue weighted by molar-refractivity contribution is -0.139. The Kier molecular flexibility index (Phi) is 7.26. The van der Waals surface area contributed by atoms with E-state index in [0.29, 0.717) is 11.8 Å². The normalized spacial score (nSPS) is 11.6. The fourth-order valence-electron chi connectivity index (χ4n) is 2.84. The maximum Gasteiger partial charge on any atom is 0.419 e. The van der Waals surface area contributed by atoms with Crippen LogP contribution >= 0.6 is 11.3 Å². The Morgan fingerprint density at radius 3 is 2.70 bits per heavy atom. The van der Waals surface area contributed by atoms with Crippen molar-refractivity contribution in [3.8, 4) is 22.1 Å². The second-order valence-corrected chi connectivity index (χ2v) is 7.52. The first kappa shape index (κ1) is 24.1. The third-order valence-corrected chi connectivity index (χ3v) is 5.10. The summed E-state index contributed by atoms with van der Waals surface area (Å²) in [7, 11) is 1.19. The average molecular weight is 482 g/mol. The van der Waals surface area contributed by atoms with Crippen LogP contribution in [0.4, 0.5) is 22.7 Å². The first-order chi connectivity index (χ1) is 15.7. The predicted molar refractivity (Wildman–Crippen MR) is 114 cm³/mol. The van der Waals surface area contributed by atoms with Crippen LogP contribution in [0.15, 0.2) is 36.5 Å². The van der Waals surface area contributed by atoms with Gasteiger partial charge in [0.05, 0.1) is 23.8 Å². The number of hydrogen-bond donors (Lipinski definition) is 1. The van der Waals surface area contributed by atoms with Crippen molar-refractivity contribution in [2.45, 2.75) is 20.0 Å². The van der Waals surface area contributed by atoms with Crippen molar-refractivity contribution in [1.29, 1.82) is 0 Å². The van der Waals surface area contributed by atoms with E-state index in [1.165, 1.54) is 13.2 Å². The first-order valence-corrected chi connectivity index (χ1v) is 10.3. The molecule has 0 fully saturated rings. The number of allylic oxidation sites excluding steroid dienone is 1. The van der Waals surface area contributed by atoms with Crippen LogP contribution < -0.4 is 14.8 Å². The summed E-state index contributed by atoms with van der Waals surface area (Å²) in [5, 5.41) is 10.4. The number of aryl methyl sites for hydroxylation is 1. The Hall–Kier alpha value is -3.54. The van der Waals surface area contributed by atoms with Crippen LogP contribution in [0.25, 0.3) is 11.1 Å². The molecule has 0 aliphatic carbocycles. The van der Waals surface area contributed by atoms with Crippen LogP contribution in [-0.4, -0.2) is 34.8 Å². The summed E-state index contributed by atoms with van der Waals surface area (Å²) in [6.45, 7) is 3.65. The van der Waals surface area contributed by atoms with Gasteiger partial charge >= 0.3 is 6.18 Å². The Morgan fingerprint density at radius 1 is 1.27 bits per heavy atom. The molecule has 0 atom stereocenters. The van der Waals surface area contributed by atoms with Crippen LogP contribution in [0.2, 0.25) is 0 Å². The molecule has 7 nitrogen and oxygen atoms in total. The smallest absolute Gasteiger partial charge is 0.419 e. The molecule has 3 aromatic rings. The van der Waals surface area contributed by atoms with Gasteiger partial charge in [-0.2, -0.15) is 13.2 Å². The van der Waals surface area contributed by atoms with Crippen molar-refractivity contribution >= 4 is 22.4 Å². The van der Waals surface area contributed by atoms with Gasteiger partial charge < -0.3 is 9.47 Å². The Bertz CT molecular complexity index is 1190. The second-order valence-electron chi connectivity index (χ2n) is 6.58. The minimum Gasteiger partial charge on any atom is -0.496 e. The molecule has 1 amide bonds. The van der Waals surface area contributed by atoms with E-state index in [0.717, 1.165) is 23.6 Å². The van der Waals surface area contributed by atoms with E-state index >= 15 is 4.39 Å². The summed E-state index contributed by atoms with van der Waals surface area (Å²) in [6.07, 6.45) is -0.257. The van der Waals surface area contributed by atoms with Crippen molar-refractivity contribution in [2.75, 3.05) is 19.0 Å². The minimum atomic E-state index is -4.94. The average Bonchev–Trinajstić information content (AvgIpc) is 3.19. The highest BCUT2D eigenvalue weighted by Crippen LogP contribution is 2.41. The molecule has 2 aromatic heterocycles. The van der Waals surface area contributed by atoms with E-state index in [2.05, 4.69) is 20.5 Å². The van der Waals surface area contributed by atoms with Crippen LogP contribution in [0.1, 0.15) is 28.5 Å². The van der Waals surface area contributed by atoms with Crippen molar-refractivity contribution in [3.63, 3.8) is 0 Å². The minimum absolute atomic E-state index is 0.0819. The fraction of sp³-hybridized carbons (Fsp3) is 0.238. The molecule has 174 valence electrons. The molecule has 33 heavy (non-hydrogen) atoms. The van der Waals surface area contributed by atoms with Gasteiger partial charge in [0, 0.05) is 17.5 Å². The number of carbonyl (C=O) groups is 1. The van der Waals surface area contributed by atoms with E-state index in [4.69, 9.17) is 9.47 Å². The second kappa shape index (κ2) is 9.94. The first-order valence-electron chi connectivity index (χ1n) is 9.45. The number of alkyl halides is 3. The molecule has 0 aliphatic rings. The molecule has 1 N–H and O–H groups in total. The number of halogens is 4. The predicted octanol–water partition coefficient (Wildman–Crippen LogP) is 5.28. The van der Waals surface area contributed by atoms with Crippen LogP contribution in [0.5, 0.6) is 10.9 Å². The largest absolute Gasteiger partial charge is 0.496 e. The number of pyridine rings is 1. The van der Waals surface area contributed by atoms with E-state index in [1.807, 2.05) is 6.92 Å². The van der Waals surface area contributed by atoms with E-state index in [1.54, 1.807) is 19.1 Å². The Labute approximate surface area is 190 Å². The zero-order chi connectivity index (χ0) is 24.2. The van der Waals surface area contributed by atoms with Crippen LogP contribution in [-0.2, 0) is 6.18 Å². The van der Waals surface area contributed by atoms with E-state index in [9.17, 15) is 18.0 Å². The van der Waals surface area contributed by atoms with Gasteiger partial charge in [0.25, 0.3) is 11.1 Å². The molecular weight excluding hydrogens is 464 g/mol. The number of amides is 1. The third kappa shape index (κ3) is 5.45. The number of rotatable bonds is 7. The molecule has 2 heterocycles. The van der Waals surface area contributed by atoms with Crippen molar-refractivity contribution < 1.29 is 31.8 Å². The number of ether oxygens (including phenoxy) is 2. The van der Waals surface area contributed by atoms with Crippen LogP contribution in [0.3, 0.4) is 0 Å². The summed E-state index contributed by atoms with van der Waals surface area (Å²) in [5.41, 5.74) is -1.92. The highest BCUT2D eigenvalue weighted by molar-refractivity contribution is 7.17. The van der Waals surface area contributed by atoms with Gasteiger partial charge in [-0.15, -0.1) is 5.10 Å².